The minimum atomic E-state index is -3.84. The Labute approximate surface area is 184 Å². The van der Waals surface area contributed by atoms with Gasteiger partial charge in [-0.1, -0.05) is 18.2 Å². The summed E-state index contributed by atoms with van der Waals surface area (Å²) in [5, 5.41) is 11.0. The van der Waals surface area contributed by atoms with Crippen LogP contribution in [0.2, 0.25) is 0 Å². The van der Waals surface area contributed by atoms with Gasteiger partial charge < -0.3 is 15.2 Å². The van der Waals surface area contributed by atoms with E-state index in [1.165, 1.54) is 18.2 Å². The van der Waals surface area contributed by atoms with Crippen molar-refractivity contribution in [3.63, 3.8) is 0 Å². The number of hydrogen-bond acceptors (Lipinski definition) is 7. The molecule has 0 radical (unpaired) electrons. The quantitative estimate of drug-likeness (QED) is 0.374. The van der Waals surface area contributed by atoms with E-state index in [-0.39, 0.29) is 16.7 Å². The van der Waals surface area contributed by atoms with Crippen LogP contribution in [0.5, 0.6) is 0 Å². The molecule has 2 aromatic carbocycles. The molecule has 0 spiro atoms. The van der Waals surface area contributed by atoms with Crippen molar-refractivity contribution in [1.82, 2.24) is 19.5 Å². The van der Waals surface area contributed by atoms with E-state index in [1.54, 1.807) is 18.6 Å². The minimum absolute atomic E-state index is 0.0418. The molecule has 2 aromatic heterocycles. The highest BCUT2D eigenvalue weighted by molar-refractivity contribution is 7.89. The molecule has 4 rings (SSSR count). The van der Waals surface area contributed by atoms with E-state index in [1.807, 2.05) is 35.0 Å². The summed E-state index contributed by atoms with van der Waals surface area (Å²) in [6.07, 6.45) is 7.01. The van der Waals surface area contributed by atoms with Gasteiger partial charge in [0.25, 0.3) is 0 Å². The first-order valence-electron chi connectivity index (χ1n) is 9.62. The van der Waals surface area contributed by atoms with Crippen molar-refractivity contribution < 1.29 is 12.8 Å². The number of nitrogens with zero attached hydrogens (tertiary/aromatic N) is 4. The lowest BCUT2D eigenvalue weighted by atomic mass is 10.1. The number of imidazole rings is 1. The predicted octanol–water partition coefficient (Wildman–Crippen LogP) is 2.85. The van der Waals surface area contributed by atoms with E-state index in [0.29, 0.717) is 18.7 Å². The van der Waals surface area contributed by atoms with Crippen LogP contribution in [0.3, 0.4) is 0 Å². The Bertz CT molecular complexity index is 1310. The van der Waals surface area contributed by atoms with Crippen LogP contribution in [0.1, 0.15) is 5.56 Å². The monoisotopic (exact) mass is 453 g/mol. The molecule has 32 heavy (non-hydrogen) atoms. The lowest BCUT2D eigenvalue weighted by Crippen LogP contribution is -2.12. The number of rotatable bonds is 8. The number of sulfonamides is 1. The van der Waals surface area contributed by atoms with Gasteiger partial charge in [-0.3, -0.25) is 0 Å². The second-order valence-corrected chi connectivity index (χ2v) is 8.46. The highest BCUT2D eigenvalue weighted by atomic mass is 32.2. The largest absolute Gasteiger partial charge is 0.367 e. The van der Waals surface area contributed by atoms with Crippen LogP contribution < -0.4 is 15.8 Å². The Balaban J connectivity index is 1.39. The van der Waals surface area contributed by atoms with Gasteiger partial charge in [-0.2, -0.15) is 4.98 Å². The molecule has 0 fully saturated rings. The Hall–Kier alpha value is -3.83. The van der Waals surface area contributed by atoms with Crippen LogP contribution in [0.25, 0.3) is 5.69 Å². The van der Waals surface area contributed by atoms with Crippen LogP contribution in [-0.4, -0.2) is 34.5 Å². The third-order valence-electron chi connectivity index (χ3n) is 4.61. The van der Waals surface area contributed by atoms with Crippen LogP contribution in [-0.2, 0) is 16.4 Å². The smallest absolute Gasteiger partial charge is 0.238 e. The average Bonchev–Trinajstić information content (AvgIpc) is 3.31. The molecule has 4 N–H and O–H groups in total. The second-order valence-electron chi connectivity index (χ2n) is 6.90. The summed E-state index contributed by atoms with van der Waals surface area (Å²) in [4.78, 5) is 12.0. The van der Waals surface area contributed by atoms with E-state index in [2.05, 4.69) is 25.6 Å². The van der Waals surface area contributed by atoms with Crippen LogP contribution in [0.4, 0.5) is 21.8 Å². The molecular weight excluding hydrogens is 433 g/mol. The molecule has 0 saturated carbocycles. The van der Waals surface area contributed by atoms with E-state index < -0.39 is 15.8 Å². The minimum Gasteiger partial charge on any atom is -0.367 e. The molecule has 2 heterocycles. The van der Waals surface area contributed by atoms with Gasteiger partial charge in [0.1, 0.15) is 0 Å². The molecule has 0 unspecified atom stereocenters. The van der Waals surface area contributed by atoms with E-state index >= 15 is 0 Å². The molecule has 0 aliphatic heterocycles. The lowest BCUT2D eigenvalue weighted by Gasteiger charge is -2.10. The number of benzene rings is 2. The van der Waals surface area contributed by atoms with Crippen molar-refractivity contribution in [2.45, 2.75) is 11.3 Å². The van der Waals surface area contributed by atoms with Gasteiger partial charge in [-0.05, 0) is 42.3 Å². The number of nitrogens with one attached hydrogen (secondary N) is 2. The summed E-state index contributed by atoms with van der Waals surface area (Å²) in [6.45, 7) is 0.457. The molecule has 4 aromatic rings. The maximum Gasteiger partial charge on any atom is 0.238 e. The lowest BCUT2D eigenvalue weighted by molar-refractivity contribution is 0.598. The van der Waals surface area contributed by atoms with Gasteiger partial charge >= 0.3 is 0 Å². The van der Waals surface area contributed by atoms with Crippen molar-refractivity contribution in [1.29, 1.82) is 0 Å². The first kappa shape index (κ1) is 21.4. The summed E-state index contributed by atoms with van der Waals surface area (Å²) in [7, 11) is -3.84. The maximum atomic E-state index is 14.1. The van der Waals surface area contributed by atoms with Gasteiger partial charge in [0.05, 0.1) is 17.4 Å². The molecule has 11 heteroatoms. The zero-order valence-electron chi connectivity index (χ0n) is 16.8. The van der Waals surface area contributed by atoms with Crippen LogP contribution in [0, 0.1) is 5.82 Å². The molecule has 0 saturated heterocycles. The van der Waals surface area contributed by atoms with Gasteiger partial charge in [-0.25, -0.2) is 27.9 Å². The fourth-order valence-electron chi connectivity index (χ4n) is 3.00. The topological polar surface area (TPSA) is 128 Å². The summed E-state index contributed by atoms with van der Waals surface area (Å²) in [6, 6.07) is 13.9. The van der Waals surface area contributed by atoms with Crippen molar-refractivity contribution in [2.24, 2.45) is 5.14 Å². The zero-order chi connectivity index (χ0) is 22.6. The molecule has 0 aliphatic carbocycles. The number of primary sulfonamides is 1. The van der Waals surface area contributed by atoms with Gasteiger partial charge in [0, 0.05) is 30.3 Å². The van der Waals surface area contributed by atoms with E-state index in [4.69, 9.17) is 5.14 Å². The van der Waals surface area contributed by atoms with Gasteiger partial charge in [0.15, 0.2) is 11.6 Å². The third kappa shape index (κ3) is 5.25. The van der Waals surface area contributed by atoms with Crippen molar-refractivity contribution >= 4 is 27.5 Å². The molecule has 0 aliphatic rings. The summed E-state index contributed by atoms with van der Waals surface area (Å²) < 4.78 is 39.1. The summed E-state index contributed by atoms with van der Waals surface area (Å²) >= 11 is 0. The summed E-state index contributed by atoms with van der Waals surface area (Å²) in [5.41, 5.74) is 2.49. The summed E-state index contributed by atoms with van der Waals surface area (Å²) in [5.74, 6) is -0.436. The SMILES string of the molecule is NS(=O)(=O)c1cccc(Nc2ncc(F)c(NCCc3ccc(-n4ccnc4)cc3)n2)c1. The highest BCUT2D eigenvalue weighted by Gasteiger charge is 2.10. The predicted molar refractivity (Wildman–Crippen MR) is 119 cm³/mol. The second kappa shape index (κ2) is 9.12. The fourth-order valence-corrected chi connectivity index (χ4v) is 3.56. The molecule has 164 valence electrons. The highest BCUT2D eigenvalue weighted by Crippen LogP contribution is 2.19. The fraction of sp³-hybridized carbons (Fsp3) is 0.0952. The van der Waals surface area contributed by atoms with Crippen LogP contribution >= 0.6 is 0 Å². The molecule has 0 amide bonds. The van der Waals surface area contributed by atoms with Crippen LogP contribution in [0.15, 0.2) is 78.3 Å². The molecule has 0 bridgehead atoms. The van der Waals surface area contributed by atoms with E-state index in [9.17, 15) is 12.8 Å². The van der Waals surface area contributed by atoms with Crippen molar-refractivity contribution in [2.75, 3.05) is 17.2 Å². The standard InChI is InChI=1S/C21H20FN7O2S/c22-19-13-26-21(27-16-2-1-3-18(12-16)32(23,30)31)28-20(19)25-9-8-15-4-6-17(7-5-15)29-11-10-24-14-29/h1-7,10-14H,8-9H2,(H2,23,30,31)(H2,25,26,27,28). The number of aromatic nitrogens is 4. The van der Waals surface area contributed by atoms with Crippen molar-refractivity contribution in [3.8, 4) is 5.69 Å². The van der Waals surface area contributed by atoms with Crippen molar-refractivity contribution in [3.05, 3.63) is 84.8 Å². The Kier molecular flexibility index (Phi) is 6.10. The number of nitrogens with two attached hydrogens (primary N) is 1. The van der Waals surface area contributed by atoms with E-state index in [0.717, 1.165) is 17.4 Å². The first-order valence-corrected chi connectivity index (χ1v) is 11.2. The Morgan fingerprint density at radius 3 is 2.66 bits per heavy atom. The number of hydrogen-bond donors (Lipinski definition) is 3. The molecule has 9 nitrogen and oxygen atoms in total. The first-order chi connectivity index (χ1) is 15.4. The Morgan fingerprint density at radius 1 is 1.12 bits per heavy atom. The van der Waals surface area contributed by atoms with Gasteiger partial charge in [0.2, 0.25) is 16.0 Å². The normalized spacial score (nSPS) is 11.3. The average molecular weight is 454 g/mol. The third-order valence-corrected chi connectivity index (χ3v) is 5.52. The number of halogens is 1. The van der Waals surface area contributed by atoms with Gasteiger partial charge in [-0.15, -0.1) is 0 Å². The number of anilines is 3. The maximum absolute atomic E-state index is 14.1. The zero-order valence-corrected chi connectivity index (χ0v) is 17.6. The Morgan fingerprint density at radius 2 is 1.94 bits per heavy atom. The molecular formula is C21H20FN7O2S. The molecule has 0 atom stereocenters.